The molecule has 2 aromatic rings. The number of hydrogen-bond donors (Lipinski definition) is 2. The van der Waals surface area contributed by atoms with Crippen LogP contribution in [0.2, 0.25) is 0 Å². The van der Waals surface area contributed by atoms with E-state index < -0.39 is 0 Å². The van der Waals surface area contributed by atoms with Crippen molar-refractivity contribution in [1.29, 1.82) is 0 Å². The minimum absolute atomic E-state index is 0.0611. The van der Waals surface area contributed by atoms with Crippen molar-refractivity contribution in [1.82, 2.24) is 20.1 Å². The van der Waals surface area contributed by atoms with Gasteiger partial charge in [0.1, 0.15) is 0 Å². The first-order valence-electron chi connectivity index (χ1n) is 9.65. The topological polar surface area (TPSA) is 85.5 Å². The van der Waals surface area contributed by atoms with Crippen molar-refractivity contribution in [2.24, 2.45) is 0 Å². The molecule has 1 saturated heterocycles. The van der Waals surface area contributed by atoms with Crippen molar-refractivity contribution in [2.75, 3.05) is 39.3 Å². The van der Waals surface area contributed by atoms with Crippen LogP contribution < -0.4 is 10.9 Å². The Kier molecular flexibility index (Phi) is 6.60. The number of likely N-dealkylation sites (N-methyl/N-ethyl adjacent to an activating group) is 1. The predicted octanol–water partition coefficient (Wildman–Crippen LogP) is 1.21. The van der Waals surface area contributed by atoms with Gasteiger partial charge in [-0.15, -0.1) is 0 Å². The Morgan fingerprint density at radius 3 is 2.68 bits per heavy atom. The summed E-state index contributed by atoms with van der Waals surface area (Å²) in [6.07, 6.45) is 3.10. The van der Waals surface area contributed by atoms with Gasteiger partial charge >= 0.3 is 0 Å². The van der Waals surface area contributed by atoms with Crippen LogP contribution in [0.4, 0.5) is 0 Å². The Labute approximate surface area is 164 Å². The van der Waals surface area contributed by atoms with Crippen molar-refractivity contribution in [2.45, 2.75) is 13.3 Å². The summed E-state index contributed by atoms with van der Waals surface area (Å²) in [6, 6.07) is 9.22. The third-order valence-corrected chi connectivity index (χ3v) is 5.01. The van der Waals surface area contributed by atoms with E-state index in [1.807, 2.05) is 29.2 Å². The molecule has 7 nitrogen and oxygen atoms in total. The third kappa shape index (κ3) is 5.07. The van der Waals surface area contributed by atoms with Crippen LogP contribution in [-0.4, -0.2) is 65.9 Å². The second kappa shape index (κ2) is 9.32. The Morgan fingerprint density at radius 1 is 1.18 bits per heavy atom. The van der Waals surface area contributed by atoms with E-state index in [0.717, 1.165) is 43.6 Å². The number of aromatic nitrogens is 1. The van der Waals surface area contributed by atoms with Crippen molar-refractivity contribution < 1.29 is 9.59 Å². The molecule has 1 aliphatic rings. The fourth-order valence-electron chi connectivity index (χ4n) is 3.28. The highest BCUT2D eigenvalue weighted by Gasteiger charge is 2.19. The number of carbonyl (C=O) groups is 2. The van der Waals surface area contributed by atoms with E-state index in [-0.39, 0.29) is 30.3 Å². The third-order valence-electron chi connectivity index (χ3n) is 5.01. The number of H-pyrrole nitrogens is 1. The smallest absolute Gasteiger partial charge is 0.255 e. The first-order valence-corrected chi connectivity index (χ1v) is 9.65. The maximum atomic E-state index is 12.2. The molecule has 0 unspecified atom stereocenters. The first-order chi connectivity index (χ1) is 13.6. The number of pyridine rings is 1. The van der Waals surface area contributed by atoms with E-state index in [0.29, 0.717) is 5.56 Å². The lowest BCUT2D eigenvalue weighted by molar-refractivity contribution is -0.132. The highest BCUT2D eigenvalue weighted by Crippen LogP contribution is 2.10. The normalized spacial score (nSPS) is 15.2. The molecule has 28 heavy (non-hydrogen) atoms. The summed E-state index contributed by atoms with van der Waals surface area (Å²) in [6.45, 7) is 6.69. The van der Waals surface area contributed by atoms with E-state index in [2.05, 4.69) is 22.1 Å². The zero-order valence-electron chi connectivity index (χ0n) is 16.1. The average Bonchev–Trinajstić information content (AvgIpc) is 2.72. The fraction of sp³-hybridized carbons (Fsp3) is 0.381. The second-order valence-electron chi connectivity index (χ2n) is 6.83. The van der Waals surface area contributed by atoms with Gasteiger partial charge in [0.25, 0.3) is 5.56 Å². The Morgan fingerprint density at radius 2 is 1.93 bits per heavy atom. The summed E-state index contributed by atoms with van der Waals surface area (Å²) < 4.78 is 0. The molecule has 1 fully saturated rings. The number of aromatic amines is 1. The van der Waals surface area contributed by atoms with Crippen LogP contribution in [0.25, 0.3) is 17.0 Å². The number of carbonyl (C=O) groups excluding carboxylic acids is 2. The SMILES string of the molecule is CCN1CCN(C(=O)CCNC(=O)/C=C/c2cc3ccccc3[nH]c2=O)CC1. The molecule has 2 amide bonds. The van der Waals surface area contributed by atoms with E-state index in [9.17, 15) is 14.4 Å². The van der Waals surface area contributed by atoms with Gasteiger partial charge in [0, 0.05) is 56.3 Å². The van der Waals surface area contributed by atoms with Gasteiger partial charge in [-0.05, 0) is 30.1 Å². The Balaban J connectivity index is 1.47. The Hall–Kier alpha value is -2.93. The van der Waals surface area contributed by atoms with Gasteiger partial charge in [-0.2, -0.15) is 0 Å². The molecule has 2 N–H and O–H groups in total. The Bertz CT molecular complexity index is 927. The predicted molar refractivity (Wildman–Crippen MR) is 110 cm³/mol. The number of piperazine rings is 1. The molecule has 3 rings (SSSR count). The van der Waals surface area contributed by atoms with Gasteiger partial charge in [-0.3, -0.25) is 14.4 Å². The maximum absolute atomic E-state index is 12.2. The van der Waals surface area contributed by atoms with Crippen LogP contribution in [0.1, 0.15) is 18.9 Å². The lowest BCUT2D eigenvalue weighted by Crippen LogP contribution is -2.48. The zero-order valence-corrected chi connectivity index (χ0v) is 16.1. The number of rotatable bonds is 6. The van der Waals surface area contributed by atoms with Crippen LogP contribution in [0.5, 0.6) is 0 Å². The molecule has 1 aliphatic heterocycles. The summed E-state index contributed by atoms with van der Waals surface area (Å²) in [5.74, 6) is -0.262. The van der Waals surface area contributed by atoms with Gasteiger partial charge in [0.2, 0.25) is 11.8 Å². The van der Waals surface area contributed by atoms with E-state index in [1.54, 1.807) is 6.07 Å². The quantitative estimate of drug-likeness (QED) is 0.736. The molecule has 0 aliphatic carbocycles. The summed E-state index contributed by atoms with van der Waals surface area (Å²) in [5.41, 5.74) is 0.926. The minimum atomic E-state index is -0.323. The van der Waals surface area contributed by atoms with Gasteiger partial charge in [-0.25, -0.2) is 0 Å². The molecule has 0 atom stereocenters. The zero-order chi connectivity index (χ0) is 19.9. The van der Waals surface area contributed by atoms with E-state index >= 15 is 0 Å². The molecule has 0 radical (unpaired) electrons. The van der Waals surface area contributed by atoms with E-state index in [1.165, 1.54) is 12.2 Å². The summed E-state index contributed by atoms with van der Waals surface area (Å²) in [4.78, 5) is 43.2. The number of hydrogen-bond acceptors (Lipinski definition) is 4. The monoisotopic (exact) mass is 382 g/mol. The highest BCUT2D eigenvalue weighted by atomic mass is 16.2. The molecule has 148 valence electrons. The van der Waals surface area contributed by atoms with Crippen molar-refractivity contribution >= 4 is 28.8 Å². The van der Waals surface area contributed by atoms with Crippen LogP contribution in [0.15, 0.2) is 41.2 Å². The lowest BCUT2D eigenvalue weighted by atomic mass is 10.1. The van der Waals surface area contributed by atoms with Gasteiger partial charge in [0.15, 0.2) is 0 Å². The number of para-hydroxylation sites is 1. The van der Waals surface area contributed by atoms with Crippen molar-refractivity contribution in [3.63, 3.8) is 0 Å². The summed E-state index contributed by atoms with van der Waals surface area (Å²) >= 11 is 0. The largest absolute Gasteiger partial charge is 0.352 e. The molecule has 1 aromatic heterocycles. The van der Waals surface area contributed by atoms with Crippen molar-refractivity contribution in [3.05, 3.63) is 52.3 Å². The molecule has 1 aromatic carbocycles. The van der Waals surface area contributed by atoms with Crippen LogP contribution >= 0.6 is 0 Å². The number of fused-ring (bicyclic) bond motifs is 1. The molecule has 0 saturated carbocycles. The van der Waals surface area contributed by atoms with Gasteiger partial charge in [0.05, 0.1) is 0 Å². The van der Waals surface area contributed by atoms with Crippen molar-refractivity contribution in [3.8, 4) is 0 Å². The number of benzene rings is 1. The fourth-order valence-corrected chi connectivity index (χ4v) is 3.28. The molecule has 0 bridgehead atoms. The summed E-state index contributed by atoms with van der Waals surface area (Å²) in [7, 11) is 0. The first kappa shape index (κ1) is 19.8. The highest BCUT2D eigenvalue weighted by molar-refractivity contribution is 5.92. The van der Waals surface area contributed by atoms with Gasteiger partial charge < -0.3 is 20.1 Å². The molecular formula is C21H26N4O3. The minimum Gasteiger partial charge on any atom is -0.352 e. The van der Waals surface area contributed by atoms with Crippen LogP contribution in [0.3, 0.4) is 0 Å². The number of amides is 2. The van der Waals surface area contributed by atoms with Gasteiger partial charge in [-0.1, -0.05) is 25.1 Å². The molecule has 0 spiro atoms. The van der Waals surface area contributed by atoms with E-state index in [4.69, 9.17) is 0 Å². The van der Waals surface area contributed by atoms with Crippen LogP contribution in [-0.2, 0) is 9.59 Å². The molecule has 2 heterocycles. The van der Waals surface area contributed by atoms with Crippen LogP contribution in [0, 0.1) is 0 Å². The maximum Gasteiger partial charge on any atom is 0.255 e. The standard InChI is InChI=1S/C21H26N4O3/c1-2-24-11-13-25(14-12-24)20(27)9-10-22-19(26)8-7-17-15-16-5-3-4-6-18(16)23-21(17)28/h3-8,15H,2,9-14H2,1H3,(H,22,26)(H,23,28)/b8-7+. The lowest BCUT2D eigenvalue weighted by Gasteiger charge is -2.34. The summed E-state index contributed by atoms with van der Waals surface area (Å²) in [5, 5.41) is 3.60. The molecular weight excluding hydrogens is 356 g/mol. The number of nitrogens with zero attached hydrogens (tertiary/aromatic N) is 2. The second-order valence-corrected chi connectivity index (χ2v) is 6.83. The number of nitrogens with one attached hydrogen (secondary N) is 2. The molecule has 7 heteroatoms. The average molecular weight is 382 g/mol.